The molecule has 1 aromatic carbocycles. The third-order valence-electron chi connectivity index (χ3n) is 4.27. The highest BCUT2D eigenvalue weighted by molar-refractivity contribution is 7.91. The maximum atomic E-state index is 12.6. The Hall–Kier alpha value is -2.47. The molecule has 1 aliphatic heterocycles. The van der Waals surface area contributed by atoms with Gasteiger partial charge in [0.2, 0.25) is 0 Å². The van der Waals surface area contributed by atoms with Crippen molar-refractivity contribution < 1.29 is 32.2 Å². The number of esters is 1. The van der Waals surface area contributed by atoms with Gasteiger partial charge in [-0.05, 0) is 24.3 Å². The highest BCUT2D eigenvalue weighted by atomic mass is 32.2. The van der Waals surface area contributed by atoms with Crippen LogP contribution in [-0.2, 0) is 35.5 Å². The summed E-state index contributed by atoms with van der Waals surface area (Å²) in [5, 5.41) is 2.61. The number of benzene rings is 1. The van der Waals surface area contributed by atoms with E-state index in [4.69, 9.17) is 14.2 Å². The number of hydrogen-bond donors (Lipinski definition) is 1. The van der Waals surface area contributed by atoms with Crippen molar-refractivity contribution >= 4 is 38.9 Å². The van der Waals surface area contributed by atoms with Crippen LogP contribution in [0.5, 0.6) is 5.75 Å². The van der Waals surface area contributed by atoms with E-state index in [0.717, 1.165) is 11.3 Å². The summed E-state index contributed by atoms with van der Waals surface area (Å²) in [6.07, 6.45) is -0.120. The number of nitrogens with zero attached hydrogens (tertiary/aromatic N) is 1. The van der Waals surface area contributed by atoms with Crippen LogP contribution in [-0.4, -0.2) is 64.6 Å². The number of carbonyl (C=O) groups is 2. The van der Waals surface area contributed by atoms with Crippen LogP contribution in [0.15, 0.2) is 40.6 Å². The second-order valence-corrected chi connectivity index (χ2v) is 9.66. The largest absolute Gasteiger partial charge is 0.495 e. The molecule has 162 valence electrons. The van der Waals surface area contributed by atoms with Crippen LogP contribution in [0.2, 0.25) is 0 Å². The first-order chi connectivity index (χ1) is 14.4. The molecule has 0 saturated carbocycles. The molecule has 0 unspecified atom stereocenters. The number of amides is 1. The lowest BCUT2D eigenvalue weighted by Gasteiger charge is -2.25. The van der Waals surface area contributed by atoms with E-state index in [1.165, 1.54) is 17.5 Å². The maximum Gasteiger partial charge on any atom is 0.311 e. The van der Waals surface area contributed by atoms with Crippen molar-refractivity contribution in [2.24, 2.45) is 0 Å². The smallest absolute Gasteiger partial charge is 0.311 e. The molecule has 1 N–H and O–H groups in total. The van der Waals surface area contributed by atoms with Gasteiger partial charge in [0.05, 0.1) is 32.4 Å². The molecule has 2 aromatic rings. The quantitative estimate of drug-likeness (QED) is 0.602. The Balaban J connectivity index is 1.51. The Labute approximate surface area is 178 Å². The summed E-state index contributed by atoms with van der Waals surface area (Å²) in [7, 11) is -2.11. The summed E-state index contributed by atoms with van der Waals surface area (Å²) in [6, 6.07) is 9.93. The molecule has 1 fully saturated rings. The zero-order valence-corrected chi connectivity index (χ0v) is 18.0. The van der Waals surface area contributed by atoms with E-state index in [0.29, 0.717) is 42.6 Å². The van der Waals surface area contributed by atoms with Crippen LogP contribution >= 0.6 is 11.3 Å². The summed E-state index contributed by atoms with van der Waals surface area (Å²) < 4.78 is 42.1. The predicted molar refractivity (Wildman–Crippen MR) is 110 cm³/mol. The van der Waals surface area contributed by atoms with Gasteiger partial charge in [-0.15, -0.1) is 11.3 Å². The van der Waals surface area contributed by atoms with Crippen LogP contribution in [0.25, 0.3) is 0 Å². The fourth-order valence-corrected chi connectivity index (χ4v) is 5.68. The van der Waals surface area contributed by atoms with Crippen LogP contribution < -0.4 is 10.1 Å². The van der Waals surface area contributed by atoms with E-state index in [-0.39, 0.29) is 10.6 Å². The second kappa shape index (κ2) is 10.0. The molecule has 2 heterocycles. The molecule has 1 aromatic heterocycles. The van der Waals surface area contributed by atoms with Gasteiger partial charge in [0.25, 0.3) is 15.9 Å². The Morgan fingerprint density at radius 2 is 1.90 bits per heavy atom. The number of carbonyl (C=O) groups excluding carboxylic acids is 2. The number of anilines is 1. The van der Waals surface area contributed by atoms with Crippen LogP contribution in [0, 0.1) is 0 Å². The minimum atomic E-state index is -3.60. The van der Waals surface area contributed by atoms with Crippen molar-refractivity contribution in [3.8, 4) is 5.75 Å². The van der Waals surface area contributed by atoms with E-state index < -0.39 is 28.5 Å². The molecule has 3 rings (SSSR count). The number of thiophene rings is 1. The van der Waals surface area contributed by atoms with Gasteiger partial charge >= 0.3 is 5.97 Å². The van der Waals surface area contributed by atoms with Gasteiger partial charge in [-0.2, -0.15) is 4.31 Å². The first kappa shape index (κ1) is 22.2. The first-order valence-corrected chi connectivity index (χ1v) is 11.4. The molecule has 11 heteroatoms. The van der Waals surface area contributed by atoms with Crippen molar-refractivity contribution in [1.82, 2.24) is 4.31 Å². The van der Waals surface area contributed by atoms with Gasteiger partial charge in [0.15, 0.2) is 6.61 Å². The highest BCUT2D eigenvalue weighted by Crippen LogP contribution is 2.26. The molecule has 1 amide bonds. The molecule has 9 nitrogen and oxygen atoms in total. The summed E-state index contributed by atoms with van der Waals surface area (Å²) in [6.45, 7) is 0.875. The monoisotopic (exact) mass is 454 g/mol. The number of ether oxygens (including phenoxy) is 3. The van der Waals surface area contributed by atoms with E-state index in [1.54, 1.807) is 30.3 Å². The third kappa shape index (κ3) is 5.57. The maximum absolute atomic E-state index is 12.6. The molecule has 0 spiro atoms. The van der Waals surface area contributed by atoms with Crippen molar-refractivity contribution in [3.05, 3.63) is 41.3 Å². The third-order valence-corrected chi connectivity index (χ3v) is 7.72. The molecule has 0 radical (unpaired) electrons. The number of nitrogens with one attached hydrogen (secondary N) is 1. The fraction of sp³-hybridized carbons (Fsp3) is 0.368. The van der Waals surface area contributed by atoms with Gasteiger partial charge in [-0.3, -0.25) is 9.59 Å². The lowest BCUT2D eigenvalue weighted by Crippen LogP contribution is -2.40. The zero-order valence-electron chi connectivity index (χ0n) is 16.3. The lowest BCUT2D eigenvalue weighted by atomic mass is 10.3. The summed E-state index contributed by atoms with van der Waals surface area (Å²) in [5.41, 5.74) is 0.470. The summed E-state index contributed by atoms with van der Waals surface area (Å²) in [4.78, 5) is 24.6. The number of sulfonamides is 1. The van der Waals surface area contributed by atoms with Gasteiger partial charge in [0.1, 0.15) is 9.96 Å². The van der Waals surface area contributed by atoms with E-state index in [9.17, 15) is 18.0 Å². The van der Waals surface area contributed by atoms with Crippen LogP contribution in [0.4, 0.5) is 5.69 Å². The average molecular weight is 455 g/mol. The topological polar surface area (TPSA) is 111 Å². The highest BCUT2D eigenvalue weighted by Gasteiger charge is 2.28. The van der Waals surface area contributed by atoms with Gasteiger partial charge in [-0.1, -0.05) is 12.1 Å². The normalized spacial score (nSPS) is 14.8. The van der Waals surface area contributed by atoms with Crippen molar-refractivity contribution in [1.29, 1.82) is 0 Å². The van der Waals surface area contributed by atoms with E-state index in [2.05, 4.69) is 5.32 Å². The molecule has 0 aliphatic carbocycles. The van der Waals surface area contributed by atoms with Crippen molar-refractivity contribution in [3.63, 3.8) is 0 Å². The molecular weight excluding hydrogens is 432 g/mol. The molecule has 30 heavy (non-hydrogen) atoms. The van der Waals surface area contributed by atoms with Crippen LogP contribution in [0.3, 0.4) is 0 Å². The number of morpholine rings is 1. The first-order valence-electron chi connectivity index (χ1n) is 9.15. The number of para-hydroxylation sites is 2. The standard InChI is InChI=1S/C19H22N2O7S2/c1-26-16-5-3-2-4-15(16)20-17(22)13-28-18(23)12-14-6-7-19(29-14)30(24,25)21-8-10-27-11-9-21/h2-7H,8-13H2,1H3,(H,20,22). The number of rotatable bonds is 8. The minimum absolute atomic E-state index is 0.120. The van der Waals surface area contributed by atoms with Gasteiger partial charge in [0, 0.05) is 18.0 Å². The SMILES string of the molecule is COc1ccccc1NC(=O)COC(=O)Cc1ccc(S(=O)(=O)N2CCOCC2)s1. The van der Waals surface area contributed by atoms with Crippen molar-refractivity contribution in [2.75, 3.05) is 45.3 Å². The minimum Gasteiger partial charge on any atom is -0.495 e. The Morgan fingerprint density at radius 3 is 2.63 bits per heavy atom. The fourth-order valence-electron chi connectivity index (χ4n) is 2.78. The summed E-state index contributed by atoms with van der Waals surface area (Å²) >= 11 is 1.02. The molecule has 0 atom stereocenters. The molecule has 0 bridgehead atoms. The molecular formula is C19H22N2O7S2. The van der Waals surface area contributed by atoms with Crippen LogP contribution in [0.1, 0.15) is 4.88 Å². The van der Waals surface area contributed by atoms with Gasteiger partial charge in [-0.25, -0.2) is 8.42 Å². The predicted octanol–water partition coefficient (Wildman–Crippen LogP) is 1.50. The van der Waals surface area contributed by atoms with Gasteiger partial charge < -0.3 is 19.5 Å². The number of hydrogen-bond acceptors (Lipinski definition) is 8. The Bertz CT molecular complexity index is 998. The zero-order chi connectivity index (χ0) is 21.6. The van der Waals surface area contributed by atoms with Crippen molar-refractivity contribution in [2.45, 2.75) is 10.6 Å². The summed E-state index contributed by atoms with van der Waals surface area (Å²) in [5.74, 6) is -0.637. The van der Waals surface area contributed by atoms with E-state index in [1.807, 2.05) is 0 Å². The lowest BCUT2D eigenvalue weighted by molar-refractivity contribution is -0.146. The Kier molecular flexibility index (Phi) is 7.43. The second-order valence-electron chi connectivity index (χ2n) is 6.32. The average Bonchev–Trinajstić information content (AvgIpc) is 3.22. The van der Waals surface area contributed by atoms with E-state index >= 15 is 0 Å². The molecule has 1 aliphatic rings. The Morgan fingerprint density at radius 1 is 1.17 bits per heavy atom. The molecule has 1 saturated heterocycles. The number of methoxy groups -OCH3 is 1.